The van der Waals surface area contributed by atoms with Gasteiger partial charge in [0, 0.05) is 17.1 Å². The van der Waals surface area contributed by atoms with Crippen LogP contribution >= 0.6 is 15.9 Å². The van der Waals surface area contributed by atoms with Gasteiger partial charge in [-0.3, -0.25) is 4.68 Å². The van der Waals surface area contributed by atoms with Gasteiger partial charge < -0.3 is 5.73 Å². The fraction of sp³-hybridized carbons (Fsp3) is 0.308. The highest BCUT2D eigenvalue weighted by atomic mass is 79.9. The van der Waals surface area contributed by atoms with Crippen LogP contribution in [0.2, 0.25) is 0 Å². The first-order valence-electron chi connectivity index (χ1n) is 5.66. The largest absolute Gasteiger partial charge is 0.325 e. The Morgan fingerprint density at radius 2 is 1.94 bits per heavy atom. The molecule has 0 bridgehead atoms. The van der Waals surface area contributed by atoms with E-state index in [-0.39, 0.29) is 0 Å². The summed E-state index contributed by atoms with van der Waals surface area (Å²) in [6.07, 6.45) is 0. The van der Waals surface area contributed by atoms with Crippen molar-refractivity contribution in [2.75, 3.05) is 0 Å². The Labute approximate surface area is 110 Å². The predicted molar refractivity (Wildman–Crippen MR) is 73.6 cm³/mol. The molecule has 90 valence electrons. The summed E-state index contributed by atoms with van der Waals surface area (Å²) in [6.45, 7) is 4.72. The van der Waals surface area contributed by atoms with Crippen LogP contribution in [0.4, 0.5) is 0 Å². The highest BCUT2D eigenvalue weighted by molar-refractivity contribution is 9.10. The second kappa shape index (κ2) is 5.02. The summed E-state index contributed by atoms with van der Waals surface area (Å²) in [5.74, 6) is 0. The summed E-state index contributed by atoms with van der Waals surface area (Å²) in [6, 6.07) is 10.6. The van der Waals surface area contributed by atoms with Crippen molar-refractivity contribution >= 4 is 15.9 Å². The fourth-order valence-corrected chi connectivity index (χ4v) is 2.04. The van der Waals surface area contributed by atoms with Gasteiger partial charge in [-0.05, 0) is 37.6 Å². The summed E-state index contributed by atoms with van der Waals surface area (Å²) >= 11 is 3.44. The van der Waals surface area contributed by atoms with Crippen LogP contribution in [0.15, 0.2) is 34.8 Å². The van der Waals surface area contributed by atoms with Crippen molar-refractivity contribution in [2.24, 2.45) is 5.73 Å². The molecule has 1 heterocycles. The minimum absolute atomic E-state index is 0.328. The van der Waals surface area contributed by atoms with Crippen LogP contribution in [0.5, 0.6) is 0 Å². The standard InChI is InChI=1S/C13H16BrN3/c1-9(2)17-13(7-12(8-15)16-17)10-3-5-11(14)6-4-10/h3-7,9H,8,15H2,1-2H3. The molecule has 1 aromatic carbocycles. The third-order valence-corrected chi connectivity index (χ3v) is 3.15. The zero-order valence-electron chi connectivity index (χ0n) is 10.0. The molecule has 0 radical (unpaired) electrons. The minimum Gasteiger partial charge on any atom is -0.325 e. The molecular formula is C13H16BrN3. The summed E-state index contributed by atoms with van der Waals surface area (Å²) in [5.41, 5.74) is 8.86. The van der Waals surface area contributed by atoms with Gasteiger partial charge in [0.15, 0.2) is 0 Å². The van der Waals surface area contributed by atoms with E-state index in [2.05, 4.69) is 53.1 Å². The fourth-order valence-electron chi connectivity index (χ4n) is 1.77. The number of hydrogen-bond acceptors (Lipinski definition) is 2. The topological polar surface area (TPSA) is 43.8 Å². The van der Waals surface area contributed by atoms with E-state index in [4.69, 9.17) is 5.73 Å². The third kappa shape index (κ3) is 2.58. The van der Waals surface area contributed by atoms with Crippen molar-refractivity contribution < 1.29 is 0 Å². The summed E-state index contributed by atoms with van der Waals surface area (Å²) < 4.78 is 3.10. The van der Waals surface area contributed by atoms with E-state index < -0.39 is 0 Å². The van der Waals surface area contributed by atoms with Crippen LogP contribution in [0.3, 0.4) is 0 Å². The van der Waals surface area contributed by atoms with Crippen LogP contribution in [0, 0.1) is 0 Å². The molecule has 2 aromatic rings. The molecule has 17 heavy (non-hydrogen) atoms. The Kier molecular flexibility index (Phi) is 3.64. The van der Waals surface area contributed by atoms with Gasteiger partial charge in [-0.25, -0.2) is 0 Å². The zero-order valence-corrected chi connectivity index (χ0v) is 11.6. The van der Waals surface area contributed by atoms with Crippen molar-refractivity contribution in [1.29, 1.82) is 0 Å². The van der Waals surface area contributed by atoms with Crippen molar-refractivity contribution in [3.63, 3.8) is 0 Å². The maximum atomic E-state index is 5.65. The Morgan fingerprint density at radius 3 is 2.47 bits per heavy atom. The summed E-state index contributed by atoms with van der Waals surface area (Å²) in [5, 5.41) is 4.51. The lowest BCUT2D eigenvalue weighted by Gasteiger charge is -2.10. The monoisotopic (exact) mass is 293 g/mol. The van der Waals surface area contributed by atoms with Crippen molar-refractivity contribution in [3.8, 4) is 11.3 Å². The van der Waals surface area contributed by atoms with Crippen LogP contribution in [0.25, 0.3) is 11.3 Å². The molecule has 0 saturated heterocycles. The quantitative estimate of drug-likeness (QED) is 0.943. The molecule has 2 rings (SSSR count). The number of benzene rings is 1. The molecule has 4 heteroatoms. The maximum absolute atomic E-state index is 5.65. The van der Waals surface area contributed by atoms with Gasteiger partial charge >= 0.3 is 0 Å². The number of hydrogen-bond donors (Lipinski definition) is 1. The number of rotatable bonds is 3. The first-order chi connectivity index (χ1) is 8.11. The van der Waals surface area contributed by atoms with Crippen LogP contribution in [-0.2, 0) is 6.54 Å². The van der Waals surface area contributed by atoms with E-state index in [0.717, 1.165) is 21.4 Å². The van der Waals surface area contributed by atoms with Crippen molar-refractivity contribution in [1.82, 2.24) is 9.78 Å². The average molecular weight is 294 g/mol. The summed E-state index contributed by atoms with van der Waals surface area (Å²) in [7, 11) is 0. The van der Waals surface area contributed by atoms with Gasteiger partial charge in [0.05, 0.1) is 11.4 Å². The Bertz CT molecular complexity index is 500. The minimum atomic E-state index is 0.328. The van der Waals surface area contributed by atoms with Gasteiger partial charge in [-0.2, -0.15) is 5.10 Å². The molecular weight excluding hydrogens is 278 g/mol. The van der Waals surface area contributed by atoms with Gasteiger partial charge in [0.1, 0.15) is 0 Å². The molecule has 0 aliphatic rings. The number of nitrogens with two attached hydrogens (primary N) is 1. The normalized spacial score (nSPS) is 11.1. The second-order valence-corrected chi connectivity index (χ2v) is 5.19. The van der Waals surface area contributed by atoms with Crippen LogP contribution in [-0.4, -0.2) is 9.78 Å². The molecule has 0 fully saturated rings. The molecule has 0 spiro atoms. The number of aromatic nitrogens is 2. The lowest BCUT2D eigenvalue weighted by Crippen LogP contribution is -2.06. The van der Waals surface area contributed by atoms with E-state index in [0.29, 0.717) is 12.6 Å². The molecule has 0 amide bonds. The lowest BCUT2D eigenvalue weighted by atomic mass is 10.1. The molecule has 1 aromatic heterocycles. The second-order valence-electron chi connectivity index (χ2n) is 4.27. The SMILES string of the molecule is CC(C)n1nc(CN)cc1-c1ccc(Br)cc1. The molecule has 3 nitrogen and oxygen atoms in total. The Balaban J connectivity index is 2.49. The molecule has 0 atom stereocenters. The van der Waals surface area contributed by atoms with Crippen LogP contribution in [0.1, 0.15) is 25.6 Å². The van der Waals surface area contributed by atoms with E-state index in [9.17, 15) is 0 Å². The van der Waals surface area contributed by atoms with Gasteiger partial charge in [0.25, 0.3) is 0 Å². The number of halogens is 1. The molecule has 0 aliphatic carbocycles. The smallest absolute Gasteiger partial charge is 0.0767 e. The van der Waals surface area contributed by atoms with E-state index >= 15 is 0 Å². The van der Waals surface area contributed by atoms with E-state index in [1.54, 1.807) is 0 Å². The highest BCUT2D eigenvalue weighted by Crippen LogP contribution is 2.25. The van der Waals surface area contributed by atoms with Crippen LogP contribution < -0.4 is 5.73 Å². The lowest BCUT2D eigenvalue weighted by molar-refractivity contribution is 0.532. The molecule has 2 N–H and O–H groups in total. The van der Waals surface area contributed by atoms with Crippen molar-refractivity contribution in [3.05, 3.63) is 40.5 Å². The van der Waals surface area contributed by atoms with Gasteiger partial charge in [-0.1, -0.05) is 28.1 Å². The summed E-state index contributed by atoms with van der Waals surface area (Å²) in [4.78, 5) is 0. The first kappa shape index (κ1) is 12.3. The van der Waals surface area contributed by atoms with Gasteiger partial charge in [-0.15, -0.1) is 0 Å². The number of nitrogens with zero attached hydrogens (tertiary/aromatic N) is 2. The molecule has 0 saturated carbocycles. The van der Waals surface area contributed by atoms with Crippen molar-refractivity contribution in [2.45, 2.75) is 26.4 Å². The first-order valence-corrected chi connectivity index (χ1v) is 6.45. The highest BCUT2D eigenvalue weighted by Gasteiger charge is 2.11. The molecule has 0 unspecified atom stereocenters. The zero-order chi connectivity index (χ0) is 12.4. The Hall–Kier alpha value is -1.13. The average Bonchev–Trinajstić information content (AvgIpc) is 2.74. The maximum Gasteiger partial charge on any atom is 0.0767 e. The van der Waals surface area contributed by atoms with Gasteiger partial charge in [0.2, 0.25) is 0 Å². The predicted octanol–water partition coefficient (Wildman–Crippen LogP) is 3.35. The van der Waals surface area contributed by atoms with E-state index in [1.807, 2.05) is 16.8 Å². The molecule has 0 aliphatic heterocycles. The third-order valence-electron chi connectivity index (χ3n) is 2.62. The van der Waals surface area contributed by atoms with E-state index in [1.165, 1.54) is 0 Å². The Morgan fingerprint density at radius 1 is 1.29 bits per heavy atom.